The van der Waals surface area contributed by atoms with E-state index in [1.807, 2.05) is 0 Å². The third-order valence-electron chi connectivity index (χ3n) is 2.48. The smallest absolute Gasteiger partial charge is 0.434 e. The van der Waals surface area contributed by atoms with Crippen LogP contribution in [0.4, 0.5) is 4.79 Å². The molecule has 0 bridgehead atoms. The molecule has 5 heteroatoms. The van der Waals surface area contributed by atoms with Gasteiger partial charge in [0.25, 0.3) is 0 Å². The monoisotopic (exact) mass is 284 g/mol. The van der Waals surface area contributed by atoms with Gasteiger partial charge in [0.05, 0.1) is 6.61 Å². The summed E-state index contributed by atoms with van der Waals surface area (Å²) in [4.78, 5) is 15.6. The lowest BCUT2D eigenvalue weighted by Gasteiger charge is -2.19. The molecule has 0 saturated carbocycles. The molecule has 0 aromatic carbocycles. The van der Waals surface area contributed by atoms with Gasteiger partial charge in [0.15, 0.2) is 0 Å². The van der Waals surface area contributed by atoms with Crippen LogP contribution >= 0.6 is 11.5 Å². The molecule has 1 rings (SSSR count). The van der Waals surface area contributed by atoms with Crippen LogP contribution in [0, 0.1) is 5.92 Å². The van der Waals surface area contributed by atoms with Gasteiger partial charge in [-0.25, -0.2) is 4.79 Å². The van der Waals surface area contributed by atoms with E-state index in [1.54, 1.807) is 6.92 Å². The number of hydrogen-bond acceptors (Lipinski definition) is 3. The molecule has 108 valence electrons. The highest BCUT2D eigenvalue weighted by molar-refractivity contribution is 7.04. The van der Waals surface area contributed by atoms with E-state index in [0.717, 1.165) is 16.7 Å². The van der Waals surface area contributed by atoms with Crippen LogP contribution in [0.3, 0.4) is 0 Å². The van der Waals surface area contributed by atoms with Gasteiger partial charge >= 0.3 is 6.09 Å². The van der Waals surface area contributed by atoms with Crippen molar-refractivity contribution in [1.29, 1.82) is 0 Å². The van der Waals surface area contributed by atoms with Gasteiger partial charge in [-0.05, 0) is 51.6 Å². The number of ether oxygens (including phenoxy) is 1. The summed E-state index contributed by atoms with van der Waals surface area (Å²) in [6.07, 6.45) is 2.51. The summed E-state index contributed by atoms with van der Waals surface area (Å²) in [7, 11) is 0. The fourth-order valence-corrected chi connectivity index (χ4v) is 2.62. The van der Waals surface area contributed by atoms with Gasteiger partial charge in [-0.1, -0.05) is 13.8 Å². The molecule has 0 saturated heterocycles. The first kappa shape index (κ1) is 16.0. The lowest BCUT2D eigenvalue weighted by molar-refractivity contribution is 0.162. The molecule has 0 spiro atoms. The maximum atomic E-state index is 11.5. The molecule has 0 aliphatic heterocycles. The minimum atomic E-state index is -0.504. The summed E-state index contributed by atoms with van der Waals surface area (Å²) < 4.78 is 7.80. The van der Waals surface area contributed by atoms with E-state index in [2.05, 4.69) is 49.8 Å². The van der Waals surface area contributed by atoms with Gasteiger partial charge in [-0.15, -0.1) is 0 Å². The first-order chi connectivity index (χ1) is 8.74. The molecule has 1 aromatic rings. The first-order valence-electron chi connectivity index (χ1n) is 6.67. The van der Waals surface area contributed by atoms with Gasteiger partial charge in [0.1, 0.15) is 4.67 Å². The van der Waals surface area contributed by atoms with Crippen molar-refractivity contribution in [3.05, 3.63) is 16.4 Å². The fraction of sp³-hybridized carbons (Fsp3) is 0.714. The van der Waals surface area contributed by atoms with Crippen molar-refractivity contribution in [3.8, 4) is 0 Å². The summed E-state index contributed by atoms with van der Waals surface area (Å²) in [5, 5.41) is 0. The van der Waals surface area contributed by atoms with Crippen molar-refractivity contribution >= 4 is 17.6 Å². The van der Waals surface area contributed by atoms with Gasteiger partial charge in [0.2, 0.25) is 0 Å². The highest BCUT2D eigenvalue weighted by Crippen LogP contribution is 2.18. The second-order valence-electron chi connectivity index (χ2n) is 5.96. The number of carbonyl (C=O) groups is 1. The Morgan fingerprint density at radius 2 is 2.11 bits per heavy atom. The molecular weight excluding hydrogens is 260 g/mol. The molecular formula is C14H24N2O2S. The molecule has 19 heavy (non-hydrogen) atoms. The summed E-state index contributed by atoms with van der Waals surface area (Å²) in [5.74, 6) is 0.527. The lowest BCUT2D eigenvalue weighted by Crippen LogP contribution is -2.18. The van der Waals surface area contributed by atoms with E-state index >= 15 is 0 Å². The molecule has 0 atom stereocenters. The van der Waals surface area contributed by atoms with E-state index in [0.29, 0.717) is 12.5 Å². The van der Waals surface area contributed by atoms with E-state index in [9.17, 15) is 4.79 Å². The third kappa shape index (κ3) is 4.82. The van der Waals surface area contributed by atoms with Crippen LogP contribution in [0.1, 0.15) is 47.1 Å². The van der Waals surface area contributed by atoms with Crippen LogP contribution in [0.25, 0.3) is 0 Å². The molecule has 0 fully saturated rings. The minimum absolute atomic E-state index is 0.00116. The molecule has 0 unspecified atom stereocenters. The summed E-state index contributed by atoms with van der Waals surface area (Å²) >= 11 is 1.51. The lowest BCUT2D eigenvalue weighted by atomic mass is 10.1. The topological polar surface area (TPSA) is 43.6 Å². The Morgan fingerprint density at radius 3 is 2.58 bits per heavy atom. The van der Waals surface area contributed by atoms with Gasteiger partial charge in [0, 0.05) is 17.3 Å². The van der Waals surface area contributed by atoms with Crippen LogP contribution in [0.15, 0.2) is 11.2 Å². The number of amides is 1. The fourth-order valence-electron chi connectivity index (χ4n) is 1.62. The number of nitrogens with zero attached hydrogens (tertiary/aromatic N) is 2. The molecule has 4 nitrogen and oxygen atoms in total. The summed E-state index contributed by atoms with van der Waals surface area (Å²) in [6.45, 7) is 12.9. The first-order valence-corrected chi connectivity index (χ1v) is 7.45. The Balaban J connectivity index is 3.20. The van der Waals surface area contributed by atoms with E-state index in [-0.39, 0.29) is 5.54 Å². The molecule has 0 aliphatic carbocycles. The molecule has 1 aromatic heterocycles. The Morgan fingerprint density at radius 1 is 1.47 bits per heavy atom. The second kappa shape index (κ2) is 6.37. The number of carbonyl (C=O) groups excluding carboxylic acids is 1. The SMILES string of the molecule is CCOC(=O)N=c1sn(C(C)(C)C)cc1CC(C)C. The zero-order chi connectivity index (χ0) is 14.6. The Hall–Kier alpha value is -1.10. The average molecular weight is 284 g/mol. The standard InChI is InChI=1S/C14H24N2O2S/c1-7-18-13(17)15-12-11(8-10(2)3)9-16(19-12)14(4,5)6/h9-10H,7-8H2,1-6H3. The Bertz CT molecular complexity index is 492. The van der Waals surface area contributed by atoms with Gasteiger partial charge in [-0.3, -0.25) is 3.96 Å². The second-order valence-corrected chi connectivity index (χ2v) is 6.92. The zero-order valence-electron chi connectivity index (χ0n) is 12.7. The van der Waals surface area contributed by atoms with Crippen LogP contribution in [-0.4, -0.2) is 16.7 Å². The van der Waals surface area contributed by atoms with Crippen LogP contribution < -0.4 is 4.67 Å². The highest BCUT2D eigenvalue weighted by Gasteiger charge is 2.16. The zero-order valence-corrected chi connectivity index (χ0v) is 13.5. The molecule has 0 aliphatic rings. The Labute approximate surface area is 119 Å². The number of hydrogen-bond donors (Lipinski definition) is 0. The molecule has 1 amide bonds. The molecule has 1 heterocycles. The quantitative estimate of drug-likeness (QED) is 0.851. The summed E-state index contributed by atoms with van der Waals surface area (Å²) in [6, 6.07) is 0. The van der Waals surface area contributed by atoms with Crippen molar-refractivity contribution < 1.29 is 9.53 Å². The van der Waals surface area contributed by atoms with Crippen molar-refractivity contribution in [2.45, 2.75) is 53.5 Å². The van der Waals surface area contributed by atoms with Crippen molar-refractivity contribution in [1.82, 2.24) is 3.96 Å². The predicted octanol–water partition coefficient (Wildman–Crippen LogP) is 3.56. The van der Waals surface area contributed by atoms with Crippen molar-refractivity contribution in [2.75, 3.05) is 6.61 Å². The van der Waals surface area contributed by atoms with Gasteiger partial charge < -0.3 is 4.74 Å². The number of aromatic nitrogens is 1. The number of rotatable bonds is 3. The van der Waals surface area contributed by atoms with Crippen LogP contribution in [0.5, 0.6) is 0 Å². The maximum Gasteiger partial charge on any atom is 0.434 e. The van der Waals surface area contributed by atoms with E-state index in [4.69, 9.17) is 4.74 Å². The average Bonchev–Trinajstić information content (AvgIpc) is 2.60. The summed E-state index contributed by atoms with van der Waals surface area (Å²) in [5.41, 5.74) is 1.11. The third-order valence-corrected chi connectivity index (χ3v) is 3.86. The van der Waals surface area contributed by atoms with E-state index in [1.165, 1.54) is 11.5 Å². The highest BCUT2D eigenvalue weighted by atomic mass is 32.1. The van der Waals surface area contributed by atoms with E-state index < -0.39 is 6.09 Å². The van der Waals surface area contributed by atoms with Crippen LogP contribution in [0.2, 0.25) is 0 Å². The van der Waals surface area contributed by atoms with Crippen molar-refractivity contribution in [3.63, 3.8) is 0 Å². The normalized spacial score (nSPS) is 13.1. The predicted molar refractivity (Wildman–Crippen MR) is 78.4 cm³/mol. The molecule has 0 N–H and O–H groups in total. The largest absolute Gasteiger partial charge is 0.448 e. The maximum absolute atomic E-state index is 11.5. The van der Waals surface area contributed by atoms with Crippen LogP contribution in [-0.2, 0) is 16.7 Å². The molecule has 0 radical (unpaired) electrons. The van der Waals surface area contributed by atoms with Gasteiger partial charge in [-0.2, -0.15) is 4.99 Å². The van der Waals surface area contributed by atoms with Crippen molar-refractivity contribution in [2.24, 2.45) is 10.9 Å². The minimum Gasteiger partial charge on any atom is -0.448 e. The Kier molecular flexibility index (Phi) is 5.35.